The van der Waals surface area contributed by atoms with Crippen molar-refractivity contribution in [2.75, 3.05) is 5.32 Å². The topological polar surface area (TPSA) is 80.5 Å². The second kappa shape index (κ2) is 6.49. The number of benzene rings is 2. The summed E-state index contributed by atoms with van der Waals surface area (Å²) in [5.41, 5.74) is 4.18. The molecule has 0 spiro atoms. The van der Waals surface area contributed by atoms with Crippen molar-refractivity contribution in [3.8, 4) is 0 Å². The molecular formula is C24H17N3O3. The Labute approximate surface area is 172 Å². The molecule has 2 aromatic carbocycles. The van der Waals surface area contributed by atoms with Crippen molar-refractivity contribution in [3.63, 3.8) is 0 Å². The van der Waals surface area contributed by atoms with Crippen molar-refractivity contribution >= 4 is 28.8 Å². The summed E-state index contributed by atoms with van der Waals surface area (Å²) in [6.45, 7) is 3.70. The molecule has 1 aliphatic carbocycles. The SMILES string of the molecule is Cc1nc2c(C)cccn2c1C(=O)Nc1cccc2c1C(=O)c1ccccc1C2=O. The van der Waals surface area contributed by atoms with Crippen molar-refractivity contribution in [2.24, 2.45) is 0 Å². The zero-order valence-electron chi connectivity index (χ0n) is 16.4. The average molecular weight is 395 g/mol. The third-order valence-electron chi connectivity index (χ3n) is 5.44. The molecule has 6 nitrogen and oxygen atoms in total. The van der Waals surface area contributed by atoms with Crippen LogP contribution in [0.4, 0.5) is 5.69 Å². The normalized spacial score (nSPS) is 12.6. The van der Waals surface area contributed by atoms with E-state index in [1.807, 2.05) is 19.1 Å². The first-order chi connectivity index (χ1) is 14.5. The molecule has 0 saturated heterocycles. The Balaban J connectivity index is 1.61. The Hall–Kier alpha value is -4.06. The minimum absolute atomic E-state index is 0.220. The number of imidazole rings is 1. The maximum absolute atomic E-state index is 13.2. The maximum atomic E-state index is 13.2. The minimum Gasteiger partial charge on any atom is -0.320 e. The van der Waals surface area contributed by atoms with Gasteiger partial charge in [0, 0.05) is 22.9 Å². The zero-order valence-corrected chi connectivity index (χ0v) is 16.4. The minimum atomic E-state index is -0.391. The lowest BCUT2D eigenvalue weighted by atomic mass is 9.83. The van der Waals surface area contributed by atoms with Crippen LogP contribution in [-0.2, 0) is 0 Å². The van der Waals surface area contributed by atoms with Gasteiger partial charge in [-0.2, -0.15) is 0 Å². The Morgan fingerprint density at radius 3 is 2.33 bits per heavy atom. The summed E-state index contributed by atoms with van der Waals surface area (Å²) in [4.78, 5) is 43.7. The van der Waals surface area contributed by atoms with Gasteiger partial charge in [0.15, 0.2) is 11.6 Å². The zero-order chi connectivity index (χ0) is 21.0. The van der Waals surface area contributed by atoms with E-state index in [2.05, 4.69) is 10.3 Å². The van der Waals surface area contributed by atoms with Crippen LogP contribution in [0.3, 0.4) is 0 Å². The van der Waals surface area contributed by atoms with Gasteiger partial charge in [-0.15, -0.1) is 0 Å². The molecule has 0 unspecified atom stereocenters. The van der Waals surface area contributed by atoms with Crippen molar-refractivity contribution < 1.29 is 14.4 Å². The third kappa shape index (κ3) is 2.50. The lowest BCUT2D eigenvalue weighted by Crippen LogP contribution is -2.24. The van der Waals surface area contributed by atoms with Crippen LogP contribution in [0.25, 0.3) is 5.65 Å². The first-order valence-electron chi connectivity index (χ1n) is 9.54. The summed E-state index contributed by atoms with van der Waals surface area (Å²) in [7, 11) is 0. The van der Waals surface area contributed by atoms with Crippen LogP contribution in [0.5, 0.6) is 0 Å². The molecule has 146 valence electrons. The van der Waals surface area contributed by atoms with Crippen LogP contribution in [0.15, 0.2) is 60.8 Å². The molecule has 4 aromatic rings. The van der Waals surface area contributed by atoms with E-state index in [0.29, 0.717) is 39.4 Å². The summed E-state index contributed by atoms with van der Waals surface area (Å²) in [6, 6.07) is 15.4. The van der Waals surface area contributed by atoms with Gasteiger partial charge in [-0.3, -0.25) is 18.8 Å². The second-order valence-corrected chi connectivity index (χ2v) is 7.32. The smallest absolute Gasteiger partial charge is 0.274 e. The van der Waals surface area contributed by atoms with E-state index in [-0.39, 0.29) is 17.1 Å². The van der Waals surface area contributed by atoms with Crippen molar-refractivity contribution in [3.05, 3.63) is 100.0 Å². The summed E-state index contributed by atoms with van der Waals surface area (Å²) < 4.78 is 1.73. The number of rotatable bonds is 2. The molecule has 1 amide bonds. The van der Waals surface area contributed by atoms with Gasteiger partial charge >= 0.3 is 0 Å². The molecule has 2 heterocycles. The molecule has 1 N–H and O–H groups in total. The number of ketones is 2. The number of aromatic nitrogens is 2. The molecule has 0 fully saturated rings. The lowest BCUT2D eigenvalue weighted by molar-refractivity contribution is 0.0978. The quantitative estimate of drug-likeness (QED) is 0.490. The Morgan fingerprint density at radius 1 is 0.867 bits per heavy atom. The van der Waals surface area contributed by atoms with Crippen LogP contribution in [-0.4, -0.2) is 26.9 Å². The van der Waals surface area contributed by atoms with Crippen LogP contribution < -0.4 is 5.32 Å². The first kappa shape index (κ1) is 18.0. The van der Waals surface area contributed by atoms with Gasteiger partial charge in [-0.1, -0.05) is 42.5 Å². The van der Waals surface area contributed by atoms with E-state index in [1.165, 1.54) is 0 Å². The van der Waals surface area contributed by atoms with E-state index < -0.39 is 5.91 Å². The fourth-order valence-corrected chi connectivity index (χ4v) is 4.02. The Morgan fingerprint density at radius 2 is 1.57 bits per heavy atom. The van der Waals surface area contributed by atoms with Crippen molar-refractivity contribution in [1.29, 1.82) is 0 Å². The number of fused-ring (bicyclic) bond motifs is 3. The van der Waals surface area contributed by atoms with E-state index in [4.69, 9.17) is 0 Å². The van der Waals surface area contributed by atoms with Gasteiger partial charge in [0.2, 0.25) is 0 Å². The summed E-state index contributed by atoms with van der Waals surface area (Å²) in [5.74, 6) is -0.891. The van der Waals surface area contributed by atoms with Crippen LogP contribution in [0.1, 0.15) is 53.6 Å². The highest BCUT2D eigenvalue weighted by molar-refractivity contribution is 6.30. The van der Waals surface area contributed by atoms with Crippen LogP contribution >= 0.6 is 0 Å². The Bertz CT molecular complexity index is 1400. The predicted octanol–water partition coefficient (Wildman–Crippen LogP) is 3.98. The van der Waals surface area contributed by atoms with Gasteiger partial charge in [-0.05, 0) is 31.5 Å². The highest BCUT2D eigenvalue weighted by Crippen LogP contribution is 2.32. The first-order valence-corrected chi connectivity index (χ1v) is 9.54. The number of aryl methyl sites for hydroxylation is 2. The molecule has 30 heavy (non-hydrogen) atoms. The number of amides is 1. The highest BCUT2D eigenvalue weighted by atomic mass is 16.2. The Kier molecular flexibility index (Phi) is 3.89. The number of carbonyl (C=O) groups is 3. The summed E-state index contributed by atoms with van der Waals surface area (Å²) >= 11 is 0. The summed E-state index contributed by atoms with van der Waals surface area (Å²) in [5, 5.41) is 2.83. The summed E-state index contributed by atoms with van der Waals surface area (Å²) in [6.07, 6.45) is 1.78. The largest absolute Gasteiger partial charge is 0.320 e. The highest BCUT2D eigenvalue weighted by Gasteiger charge is 2.32. The second-order valence-electron chi connectivity index (χ2n) is 7.32. The van der Waals surface area contributed by atoms with Crippen LogP contribution in [0, 0.1) is 13.8 Å². The van der Waals surface area contributed by atoms with Crippen molar-refractivity contribution in [2.45, 2.75) is 13.8 Å². The van der Waals surface area contributed by atoms with Crippen molar-refractivity contribution in [1.82, 2.24) is 9.38 Å². The molecule has 0 atom stereocenters. The third-order valence-corrected chi connectivity index (χ3v) is 5.44. The molecule has 1 aliphatic rings. The number of hydrogen-bond acceptors (Lipinski definition) is 4. The molecule has 0 aliphatic heterocycles. The van der Waals surface area contributed by atoms with Gasteiger partial charge in [-0.25, -0.2) is 4.98 Å². The van der Waals surface area contributed by atoms with Gasteiger partial charge in [0.05, 0.1) is 16.9 Å². The average Bonchev–Trinajstić information content (AvgIpc) is 3.09. The van der Waals surface area contributed by atoms with Gasteiger partial charge < -0.3 is 5.32 Å². The van der Waals surface area contributed by atoms with Crippen LogP contribution in [0.2, 0.25) is 0 Å². The predicted molar refractivity (Wildman–Crippen MR) is 112 cm³/mol. The molecule has 0 bridgehead atoms. The number of carbonyl (C=O) groups excluding carboxylic acids is 3. The molecule has 2 aromatic heterocycles. The number of pyridine rings is 1. The van der Waals surface area contributed by atoms with Gasteiger partial charge in [0.25, 0.3) is 5.91 Å². The number of anilines is 1. The molecule has 0 saturated carbocycles. The van der Waals surface area contributed by atoms with E-state index >= 15 is 0 Å². The van der Waals surface area contributed by atoms with Gasteiger partial charge in [0.1, 0.15) is 11.3 Å². The lowest BCUT2D eigenvalue weighted by Gasteiger charge is -2.20. The number of hydrogen-bond donors (Lipinski definition) is 1. The molecule has 5 rings (SSSR count). The number of nitrogens with one attached hydrogen (secondary N) is 1. The van der Waals surface area contributed by atoms with E-state index in [9.17, 15) is 14.4 Å². The monoisotopic (exact) mass is 395 g/mol. The molecule has 6 heteroatoms. The van der Waals surface area contributed by atoms with E-state index in [1.54, 1.807) is 60.0 Å². The maximum Gasteiger partial charge on any atom is 0.274 e. The fraction of sp³-hybridized carbons (Fsp3) is 0.0833. The molecular weight excluding hydrogens is 378 g/mol. The number of nitrogens with zero attached hydrogens (tertiary/aromatic N) is 2. The fourth-order valence-electron chi connectivity index (χ4n) is 4.02. The van der Waals surface area contributed by atoms with E-state index in [0.717, 1.165) is 5.56 Å². The standard InChI is InChI=1S/C24H17N3O3/c1-13-7-6-12-27-20(14(2)25-23(13)27)24(30)26-18-11-5-10-17-19(18)22(29)16-9-4-3-8-15(16)21(17)28/h3-12H,1-2H3,(H,26,30). The molecule has 0 radical (unpaired) electrons.